The van der Waals surface area contributed by atoms with Gasteiger partial charge in [0.2, 0.25) is 5.91 Å². The van der Waals surface area contributed by atoms with Crippen molar-refractivity contribution in [1.29, 1.82) is 0 Å². The molecule has 0 radical (unpaired) electrons. The maximum Gasteiger partial charge on any atom is 0.233 e. The summed E-state index contributed by atoms with van der Waals surface area (Å²) in [6, 6.07) is 0. The fourth-order valence-electron chi connectivity index (χ4n) is 2.21. The summed E-state index contributed by atoms with van der Waals surface area (Å²) in [5.74, 6) is 4.95. The standard InChI is InChI=1S/C15H32N2O2/c1-14(18)12-10-8-6-4-2-3-5-7-9-11-13-15(19)17-16/h14,18H,2-13,16H2,1H3,(H,17,19). The fraction of sp³-hybridized carbons (Fsp3) is 0.933. The van der Waals surface area contributed by atoms with Crippen LogP contribution in [0.1, 0.15) is 84.0 Å². The van der Waals surface area contributed by atoms with Gasteiger partial charge in [-0.05, 0) is 19.8 Å². The average Bonchev–Trinajstić information content (AvgIpc) is 2.39. The summed E-state index contributed by atoms with van der Waals surface area (Å²) in [6.07, 6.45) is 13.6. The van der Waals surface area contributed by atoms with Crippen molar-refractivity contribution >= 4 is 5.91 Å². The van der Waals surface area contributed by atoms with E-state index in [1.165, 1.54) is 44.9 Å². The maximum absolute atomic E-state index is 10.9. The minimum Gasteiger partial charge on any atom is -0.393 e. The molecular weight excluding hydrogens is 240 g/mol. The molecule has 0 saturated carbocycles. The van der Waals surface area contributed by atoms with Crippen molar-refractivity contribution in [2.45, 2.75) is 90.1 Å². The van der Waals surface area contributed by atoms with E-state index >= 15 is 0 Å². The van der Waals surface area contributed by atoms with Crippen molar-refractivity contribution < 1.29 is 9.90 Å². The van der Waals surface area contributed by atoms with Crippen molar-refractivity contribution in [3.05, 3.63) is 0 Å². The third kappa shape index (κ3) is 15.3. The van der Waals surface area contributed by atoms with Crippen LogP contribution in [0, 0.1) is 0 Å². The first-order valence-electron chi connectivity index (χ1n) is 7.84. The second-order valence-corrected chi connectivity index (χ2v) is 5.49. The highest BCUT2D eigenvalue weighted by Gasteiger charge is 1.98. The number of rotatable bonds is 13. The Balaban J connectivity index is 3.01. The number of carbonyl (C=O) groups excluding carboxylic acids is 1. The molecule has 0 aromatic rings. The Bertz CT molecular complexity index is 208. The highest BCUT2D eigenvalue weighted by Crippen LogP contribution is 2.12. The van der Waals surface area contributed by atoms with Crippen LogP contribution in [0.4, 0.5) is 0 Å². The molecular formula is C15H32N2O2. The number of aliphatic hydroxyl groups excluding tert-OH is 1. The summed E-state index contributed by atoms with van der Waals surface area (Å²) in [5, 5.41) is 9.11. The van der Waals surface area contributed by atoms with Crippen molar-refractivity contribution in [3.8, 4) is 0 Å². The summed E-state index contributed by atoms with van der Waals surface area (Å²) in [4.78, 5) is 10.9. The van der Waals surface area contributed by atoms with Crippen LogP contribution >= 0.6 is 0 Å². The van der Waals surface area contributed by atoms with E-state index in [1.807, 2.05) is 6.92 Å². The summed E-state index contributed by atoms with van der Waals surface area (Å²) in [6.45, 7) is 1.86. The van der Waals surface area contributed by atoms with Crippen LogP contribution in [0.15, 0.2) is 0 Å². The number of aliphatic hydroxyl groups is 1. The molecule has 0 bridgehead atoms. The predicted octanol–water partition coefficient (Wildman–Crippen LogP) is 3.04. The molecule has 0 fully saturated rings. The number of nitrogens with one attached hydrogen (secondary N) is 1. The van der Waals surface area contributed by atoms with E-state index in [0.29, 0.717) is 6.42 Å². The molecule has 0 aromatic heterocycles. The number of nitrogens with two attached hydrogens (primary N) is 1. The molecule has 0 spiro atoms. The van der Waals surface area contributed by atoms with Gasteiger partial charge in [0, 0.05) is 6.42 Å². The van der Waals surface area contributed by atoms with E-state index < -0.39 is 0 Å². The van der Waals surface area contributed by atoms with Gasteiger partial charge in [-0.25, -0.2) is 5.84 Å². The zero-order chi connectivity index (χ0) is 14.3. The molecule has 0 aliphatic heterocycles. The molecule has 0 saturated heterocycles. The highest BCUT2D eigenvalue weighted by molar-refractivity contribution is 5.74. The van der Waals surface area contributed by atoms with Gasteiger partial charge >= 0.3 is 0 Å². The zero-order valence-electron chi connectivity index (χ0n) is 12.5. The van der Waals surface area contributed by atoms with Gasteiger partial charge in [0.25, 0.3) is 0 Å². The average molecular weight is 272 g/mol. The summed E-state index contributed by atoms with van der Waals surface area (Å²) < 4.78 is 0. The number of hydrazine groups is 1. The van der Waals surface area contributed by atoms with Crippen LogP contribution in [0.3, 0.4) is 0 Å². The third-order valence-electron chi connectivity index (χ3n) is 3.44. The minimum absolute atomic E-state index is 0.0582. The quantitative estimate of drug-likeness (QED) is 0.209. The maximum atomic E-state index is 10.9. The fourth-order valence-corrected chi connectivity index (χ4v) is 2.21. The molecule has 0 rings (SSSR count). The molecule has 0 aliphatic carbocycles. The van der Waals surface area contributed by atoms with Crippen LogP contribution in [0.2, 0.25) is 0 Å². The molecule has 4 N–H and O–H groups in total. The molecule has 1 atom stereocenters. The summed E-state index contributed by atoms with van der Waals surface area (Å²) >= 11 is 0. The molecule has 0 aromatic carbocycles. The van der Waals surface area contributed by atoms with Crippen LogP contribution < -0.4 is 11.3 Å². The van der Waals surface area contributed by atoms with E-state index in [0.717, 1.165) is 25.7 Å². The van der Waals surface area contributed by atoms with E-state index in [4.69, 9.17) is 10.9 Å². The number of unbranched alkanes of at least 4 members (excludes halogenated alkanes) is 9. The van der Waals surface area contributed by atoms with Gasteiger partial charge in [-0.15, -0.1) is 0 Å². The number of hydrogen-bond donors (Lipinski definition) is 3. The third-order valence-corrected chi connectivity index (χ3v) is 3.44. The Labute approximate surface area is 118 Å². The topological polar surface area (TPSA) is 75.3 Å². The van der Waals surface area contributed by atoms with E-state index in [-0.39, 0.29) is 12.0 Å². The van der Waals surface area contributed by atoms with Gasteiger partial charge in [0.15, 0.2) is 0 Å². The summed E-state index contributed by atoms with van der Waals surface area (Å²) in [7, 11) is 0. The smallest absolute Gasteiger partial charge is 0.233 e. The second-order valence-electron chi connectivity index (χ2n) is 5.49. The van der Waals surface area contributed by atoms with Gasteiger partial charge < -0.3 is 5.11 Å². The molecule has 0 heterocycles. The molecule has 0 aliphatic rings. The lowest BCUT2D eigenvalue weighted by Crippen LogP contribution is -2.29. The molecule has 4 nitrogen and oxygen atoms in total. The Morgan fingerprint density at radius 3 is 1.79 bits per heavy atom. The lowest BCUT2D eigenvalue weighted by molar-refractivity contribution is -0.121. The minimum atomic E-state index is -0.138. The number of amides is 1. The van der Waals surface area contributed by atoms with Crippen molar-refractivity contribution in [2.75, 3.05) is 0 Å². The van der Waals surface area contributed by atoms with Crippen LogP contribution in [0.25, 0.3) is 0 Å². The lowest BCUT2D eigenvalue weighted by atomic mass is 10.0. The monoisotopic (exact) mass is 272 g/mol. The van der Waals surface area contributed by atoms with Crippen LogP contribution in [-0.4, -0.2) is 17.1 Å². The molecule has 1 amide bonds. The Hall–Kier alpha value is -0.610. The molecule has 19 heavy (non-hydrogen) atoms. The second kappa shape index (κ2) is 13.8. The normalized spacial score (nSPS) is 12.4. The van der Waals surface area contributed by atoms with E-state index in [2.05, 4.69) is 5.43 Å². The van der Waals surface area contributed by atoms with Gasteiger partial charge in [0.05, 0.1) is 6.10 Å². The molecule has 1 unspecified atom stereocenters. The van der Waals surface area contributed by atoms with Crippen molar-refractivity contribution in [1.82, 2.24) is 5.43 Å². The first-order valence-corrected chi connectivity index (χ1v) is 7.84. The Morgan fingerprint density at radius 2 is 1.37 bits per heavy atom. The predicted molar refractivity (Wildman–Crippen MR) is 79.4 cm³/mol. The first kappa shape index (κ1) is 18.4. The highest BCUT2D eigenvalue weighted by atomic mass is 16.3. The number of carbonyl (C=O) groups is 1. The Kier molecular flexibility index (Phi) is 13.4. The van der Waals surface area contributed by atoms with Gasteiger partial charge in [-0.1, -0.05) is 57.8 Å². The molecule has 114 valence electrons. The lowest BCUT2D eigenvalue weighted by Gasteiger charge is -2.04. The first-order chi connectivity index (χ1) is 9.16. The summed E-state index contributed by atoms with van der Waals surface area (Å²) in [5.41, 5.74) is 2.15. The van der Waals surface area contributed by atoms with Crippen molar-refractivity contribution in [3.63, 3.8) is 0 Å². The number of hydrogen-bond acceptors (Lipinski definition) is 3. The van der Waals surface area contributed by atoms with Gasteiger partial charge in [-0.2, -0.15) is 0 Å². The Morgan fingerprint density at radius 1 is 0.947 bits per heavy atom. The van der Waals surface area contributed by atoms with Crippen molar-refractivity contribution in [2.24, 2.45) is 5.84 Å². The van der Waals surface area contributed by atoms with Crippen LogP contribution in [0.5, 0.6) is 0 Å². The van der Waals surface area contributed by atoms with E-state index in [1.54, 1.807) is 0 Å². The van der Waals surface area contributed by atoms with Gasteiger partial charge in [-0.3, -0.25) is 10.2 Å². The SMILES string of the molecule is CC(O)CCCCCCCCCCCCC(=O)NN. The zero-order valence-corrected chi connectivity index (χ0v) is 12.5. The van der Waals surface area contributed by atoms with E-state index in [9.17, 15) is 4.79 Å². The van der Waals surface area contributed by atoms with Gasteiger partial charge in [0.1, 0.15) is 0 Å². The van der Waals surface area contributed by atoms with Crippen LogP contribution in [-0.2, 0) is 4.79 Å². The largest absolute Gasteiger partial charge is 0.393 e. The molecule has 4 heteroatoms.